The zero-order valence-corrected chi connectivity index (χ0v) is 11.5. The van der Waals surface area contributed by atoms with Gasteiger partial charge >= 0.3 is 5.97 Å². The van der Waals surface area contributed by atoms with Crippen molar-refractivity contribution in [2.75, 3.05) is 0 Å². The van der Waals surface area contributed by atoms with Gasteiger partial charge in [-0.25, -0.2) is 4.79 Å². The molecule has 1 N–H and O–H groups in total. The molecule has 0 radical (unpaired) electrons. The van der Waals surface area contributed by atoms with Crippen LogP contribution in [-0.2, 0) is 0 Å². The van der Waals surface area contributed by atoms with Crippen LogP contribution in [0.5, 0.6) is 0 Å². The van der Waals surface area contributed by atoms with E-state index < -0.39 is 5.97 Å². The number of hydrogen-bond donors (Lipinski definition) is 1. The summed E-state index contributed by atoms with van der Waals surface area (Å²) in [5.74, 6) is -0.881. The highest BCUT2D eigenvalue weighted by molar-refractivity contribution is 7.19. The number of aromatic carboxylic acids is 1. The predicted octanol–water partition coefficient (Wildman–Crippen LogP) is 4.29. The molecule has 3 nitrogen and oxygen atoms in total. The van der Waals surface area contributed by atoms with E-state index in [1.807, 2.05) is 26.0 Å². The monoisotopic (exact) mass is 281 g/mol. The summed E-state index contributed by atoms with van der Waals surface area (Å²) >= 11 is 7.32. The molecule has 0 unspecified atom stereocenters. The number of halogens is 1. The average molecular weight is 282 g/mol. The molecule has 0 spiro atoms. The molecule has 2 aromatic heterocycles. The molecule has 0 aliphatic heterocycles. The minimum absolute atomic E-state index is 0.0616. The fourth-order valence-corrected chi connectivity index (χ4v) is 2.70. The Morgan fingerprint density at radius 2 is 2.06 bits per heavy atom. The number of carbonyl (C=O) groups is 1. The Morgan fingerprint density at radius 3 is 2.56 bits per heavy atom. The van der Waals surface area contributed by atoms with Gasteiger partial charge in [0, 0.05) is 0 Å². The summed E-state index contributed by atoms with van der Waals surface area (Å²) in [6.07, 6.45) is 0. The Labute approximate surface area is 114 Å². The van der Waals surface area contributed by atoms with Gasteiger partial charge < -0.3 is 5.11 Å². The van der Waals surface area contributed by atoms with Crippen LogP contribution in [0.1, 0.15) is 35.8 Å². The second-order valence-corrected chi connectivity index (χ2v) is 5.91. The third-order valence-electron chi connectivity index (χ3n) is 2.53. The number of carboxylic acids is 1. The van der Waals surface area contributed by atoms with Crippen molar-refractivity contribution in [2.45, 2.75) is 19.8 Å². The quantitative estimate of drug-likeness (QED) is 0.913. The van der Waals surface area contributed by atoms with Gasteiger partial charge in [-0.3, -0.25) is 4.98 Å². The van der Waals surface area contributed by atoms with Crippen LogP contribution in [0.2, 0.25) is 4.34 Å². The Hall–Kier alpha value is -1.39. The van der Waals surface area contributed by atoms with Crippen LogP contribution in [0.25, 0.3) is 10.6 Å². The SMILES string of the molecule is CC(C)c1nc(-c2ccc(Cl)s2)ccc1C(=O)O. The van der Waals surface area contributed by atoms with Crippen LogP contribution < -0.4 is 0 Å². The molecule has 0 atom stereocenters. The van der Waals surface area contributed by atoms with E-state index in [1.165, 1.54) is 11.3 Å². The van der Waals surface area contributed by atoms with Crippen molar-refractivity contribution in [1.29, 1.82) is 0 Å². The summed E-state index contributed by atoms with van der Waals surface area (Å²) in [5, 5.41) is 9.12. The molecule has 18 heavy (non-hydrogen) atoms. The van der Waals surface area contributed by atoms with Crippen molar-refractivity contribution in [3.05, 3.63) is 39.9 Å². The maximum atomic E-state index is 11.1. The summed E-state index contributed by atoms with van der Waals surface area (Å²) in [6.45, 7) is 3.86. The largest absolute Gasteiger partial charge is 0.478 e. The average Bonchev–Trinajstić information content (AvgIpc) is 2.75. The van der Waals surface area contributed by atoms with E-state index >= 15 is 0 Å². The first kappa shape index (κ1) is 13.1. The number of hydrogen-bond acceptors (Lipinski definition) is 3. The number of pyridine rings is 1. The number of carboxylic acid groups (broad SMARTS) is 1. The van der Waals surface area contributed by atoms with Crippen LogP contribution in [0.4, 0.5) is 0 Å². The summed E-state index contributed by atoms with van der Waals surface area (Å²) in [6, 6.07) is 7.02. The molecular weight excluding hydrogens is 270 g/mol. The lowest BCUT2D eigenvalue weighted by Gasteiger charge is -2.10. The molecule has 2 aromatic rings. The van der Waals surface area contributed by atoms with Gasteiger partial charge in [0.2, 0.25) is 0 Å². The smallest absolute Gasteiger partial charge is 0.337 e. The van der Waals surface area contributed by atoms with Gasteiger partial charge in [0.05, 0.1) is 26.2 Å². The molecule has 0 aromatic carbocycles. The van der Waals surface area contributed by atoms with E-state index in [9.17, 15) is 4.79 Å². The molecule has 0 aliphatic carbocycles. The number of nitrogens with zero attached hydrogens (tertiary/aromatic N) is 1. The van der Waals surface area contributed by atoms with Gasteiger partial charge in [0.25, 0.3) is 0 Å². The van der Waals surface area contributed by atoms with Crippen LogP contribution in [0.3, 0.4) is 0 Å². The molecule has 2 heterocycles. The van der Waals surface area contributed by atoms with Crippen molar-refractivity contribution in [3.63, 3.8) is 0 Å². The lowest BCUT2D eigenvalue weighted by molar-refractivity contribution is 0.0694. The Kier molecular flexibility index (Phi) is 3.68. The van der Waals surface area contributed by atoms with Gasteiger partial charge in [0.1, 0.15) is 0 Å². The zero-order valence-electron chi connectivity index (χ0n) is 9.98. The summed E-state index contributed by atoms with van der Waals surface area (Å²) in [4.78, 5) is 16.5. The highest BCUT2D eigenvalue weighted by Crippen LogP contribution is 2.31. The topological polar surface area (TPSA) is 50.2 Å². The lowest BCUT2D eigenvalue weighted by Crippen LogP contribution is -2.06. The van der Waals surface area contributed by atoms with Crippen molar-refractivity contribution >= 4 is 28.9 Å². The molecule has 2 rings (SSSR count). The van der Waals surface area contributed by atoms with E-state index in [-0.39, 0.29) is 11.5 Å². The highest BCUT2D eigenvalue weighted by Gasteiger charge is 2.16. The minimum Gasteiger partial charge on any atom is -0.478 e. The number of rotatable bonds is 3. The molecule has 0 fully saturated rings. The van der Waals surface area contributed by atoms with Crippen LogP contribution >= 0.6 is 22.9 Å². The highest BCUT2D eigenvalue weighted by atomic mass is 35.5. The zero-order chi connectivity index (χ0) is 13.3. The normalized spacial score (nSPS) is 10.9. The first-order valence-electron chi connectivity index (χ1n) is 5.49. The maximum absolute atomic E-state index is 11.1. The van der Waals surface area contributed by atoms with Gasteiger partial charge in [0.15, 0.2) is 0 Å². The third-order valence-corrected chi connectivity index (χ3v) is 3.78. The molecule has 5 heteroatoms. The van der Waals surface area contributed by atoms with E-state index in [0.717, 1.165) is 10.6 Å². The first-order valence-corrected chi connectivity index (χ1v) is 6.68. The van der Waals surface area contributed by atoms with E-state index in [0.29, 0.717) is 10.0 Å². The molecule has 0 saturated carbocycles. The van der Waals surface area contributed by atoms with Crippen molar-refractivity contribution in [3.8, 4) is 10.6 Å². The Morgan fingerprint density at radius 1 is 1.33 bits per heavy atom. The van der Waals surface area contributed by atoms with Crippen molar-refractivity contribution < 1.29 is 9.90 Å². The first-order chi connectivity index (χ1) is 8.49. The van der Waals surface area contributed by atoms with Gasteiger partial charge in [-0.15, -0.1) is 11.3 Å². The van der Waals surface area contributed by atoms with E-state index in [4.69, 9.17) is 16.7 Å². The molecule has 0 aliphatic rings. The third kappa shape index (κ3) is 2.54. The van der Waals surface area contributed by atoms with Crippen molar-refractivity contribution in [2.24, 2.45) is 0 Å². The molecule has 0 bridgehead atoms. The van der Waals surface area contributed by atoms with Crippen molar-refractivity contribution in [1.82, 2.24) is 4.98 Å². The standard InChI is InChI=1S/C13H12ClNO2S/c1-7(2)12-8(13(16)17)3-4-9(15-12)10-5-6-11(14)18-10/h3-7H,1-2H3,(H,16,17). The van der Waals surface area contributed by atoms with Crippen LogP contribution in [0.15, 0.2) is 24.3 Å². The Bertz CT molecular complexity index is 592. The van der Waals surface area contributed by atoms with Gasteiger partial charge in [-0.1, -0.05) is 25.4 Å². The second kappa shape index (κ2) is 5.08. The fraction of sp³-hybridized carbons (Fsp3) is 0.231. The maximum Gasteiger partial charge on any atom is 0.337 e. The summed E-state index contributed by atoms with van der Waals surface area (Å²) in [7, 11) is 0. The lowest BCUT2D eigenvalue weighted by atomic mass is 10.0. The summed E-state index contributed by atoms with van der Waals surface area (Å²) in [5.41, 5.74) is 1.63. The summed E-state index contributed by atoms with van der Waals surface area (Å²) < 4.78 is 0.695. The minimum atomic E-state index is -0.943. The second-order valence-electron chi connectivity index (χ2n) is 4.19. The number of aromatic nitrogens is 1. The number of thiophene rings is 1. The Balaban J connectivity index is 2.53. The molecule has 0 amide bonds. The molecular formula is C13H12ClNO2S. The molecule has 94 valence electrons. The van der Waals surface area contributed by atoms with Crippen LogP contribution in [0, 0.1) is 0 Å². The van der Waals surface area contributed by atoms with Crippen LogP contribution in [-0.4, -0.2) is 16.1 Å². The van der Waals surface area contributed by atoms with E-state index in [2.05, 4.69) is 4.98 Å². The molecule has 0 saturated heterocycles. The predicted molar refractivity (Wildman–Crippen MR) is 73.6 cm³/mol. The van der Waals surface area contributed by atoms with Gasteiger partial charge in [-0.05, 0) is 30.2 Å². The fourth-order valence-electron chi connectivity index (χ4n) is 1.69. The van der Waals surface area contributed by atoms with E-state index in [1.54, 1.807) is 12.1 Å². The van der Waals surface area contributed by atoms with Gasteiger partial charge in [-0.2, -0.15) is 0 Å².